The van der Waals surface area contributed by atoms with Gasteiger partial charge in [0.05, 0.1) is 6.54 Å². The molecule has 130 valence electrons. The average Bonchev–Trinajstić information content (AvgIpc) is 2.60. The van der Waals surface area contributed by atoms with Gasteiger partial charge in [-0.1, -0.05) is 0 Å². The van der Waals surface area contributed by atoms with Crippen LogP contribution in [0, 0.1) is 0 Å². The highest BCUT2D eigenvalue weighted by atomic mass is 16.2. The topological polar surface area (TPSA) is 105 Å². The summed E-state index contributed by atoms with van der Waals surface area (Å²) in [6.07, 6.45) is 0. The van der Waals surface area contributed by atoms with Gasteiger partial charge in [0.2, 0.25) is 11.8 Å². The Hall–Kier alpha value is -3.35. The molecule has 25 heavy (non-hydrogen) atoms. The zero-order valence-electron chi connectivity index (χ0n) is 14.1. The molecule has 7 nitrogen and oxygen atoms in total. The summed E-state index contributed by atoms with van der Waals surface area (Å²) in [6.45, 7) is 0.0638. The molecule has 0 heterocycles. The Bertz CT molecular complexity index is 768. The van der Waals surface area contributed by atoms with Crippen molar-refractivity contribution in [2.45, 2.75) is 0 Å². The maximum absolute atomic E-state index is 12.0. The van der Waals surface area contributed by atoms with Crippen LogP contribution in [0.5, 0.6) is 0 Å². The van der Waals surface area contributed by atoms with E-state index in [1.54, 1.807) is 62.6 Å². The predicted molar refractivity (Wildman–Crippen MR) is 96.5 cm³/mol. The monoisotopic (exact) mass is 340 g/mol. The number of amides is 3. The van der Waals surface area contributed by atoms with Crippen molar-refractivity contribution in [1.29, 1.82) is 0 Å². The fraction of sp³-hybridized carbons (Fsp3) is 0.167. The highest BCUT2D eigenvalue weighted by Crippen LogP contribution is 2.12. The molecule has 0 aromatic heterocycles. The molecule has 2 rings (SSSR count). The fourth-order valence-electron chi connectivity index (χ4n) is 2.09. The zero-order valence-corrected chi connectivity index (χ0v) is 14.1. The Morgan fingerprint density at radius 3 is 1.92 bits per heavy atom. The van der Waals surface area contributed by atoms with E-state index in [2.05, 4.69) is 10.6 Å². The first-order chi connectivity index (χ1) is 11.9. The van der Waals surface area contributed by atoms with Gasteiger partial charge in [0, 0.05) is 36.6 Å². The number of carbonyl (C=O) groups is 3. The molecule has 0 fully saturated rings. The molecule has 0 saturated heterocycles. The molecule has 3 amide bonds. The Labute approximate surface area is 145 Å². The Kier molecular flexibility index (Phi) is 5.73. The first-order valence-electron chi connectivity index (χ1n) is 7.62. The van der Waals surface area contributed by atoms with E-state index >= 15 is 0 Å². The van der Waals surface area contributed by atoms with Gasteiger partial charge in [-0.25, -0.2) is 0 Å². The number of hydrogen-bond donors (Lipinski definition) is 3. The van der Waals surface area contributed by atoms with Crippen LogP contribution in [-0.2, 0) is 4.79 Å². The van der Waals surface area contributed by atoms with Crippen LogP contribution in [0.1, 0.15) is 20.7 Å². The summed E-state index contributed by atoms with van der Waals surface area (Å²) < 4.78 is 0. The van der Waals surface area contributed by atoms with Crippen molar-refractivity contribution in [3.8, 4) is 0 Å². The molecule has 4 N–H and O–H groups in total. The number of benzene rings is 2. The van der Waals surface area contributed by atoms with Gasteiger partial charge < -0.3 is 21.3 Å². The molecule has 0 radical (unpaired) electrons. The van der Waals surface area contributed by atoms with E-state index in [-0.39, 0.29) is 18.4 Å². The van der Waals surface area contributed by atoms with Crippen LogP contribution in [0.3, 0.4) is 0 Å². The summed E-state index contributed by atoms with van der Waals surface area (Å²) in [5, 5.41) is 5.69. The van der Waals surface area contributed by atoms with Gasteiger partial charge in [-0.15, -0.1) is 0 Å². The Balaban J connectivity index is 1.87. The summed E-state index contributed by atoms with van der Waals surface area (Å²) in [5.41, 5.74) is 7.43. The van der Waals surface area contributed by atoms with Crippen molar-refractivity contribution in [3.05, 3.63) is 59.7 Å². The third-order valence-electron chi connectivity index (χ3n) is 3.44. The average molecular weight is 340 g/mol. The van der Waals surface area contributed by atoms with Crippen molar-refractivity contribution < 1.29 is 14.4 Å². The van der Waals surface area contributed by atoms with E-state index in [0.29, 0.717) is 22.5 Å². The number of nitrogens with two attached hydrogens (primary N) is 1. The second kappa shape index (κ2) is 7.96. The van der Waals surface area contributed by atoms with Crippen LogP contribution in [0.2, 0.25) is 0 Å². The second-order valence-electron chi connectivity index (χ2n) is 5.62. The van der Waals surface area contributed by atoms with E-state index in [1.165, 1.54) is 4.90 Å². The number of primary amides is 1. The lowest BCUT2D eigenvalue weighted by atomic mass is 10.2. The summed E-state index contributed by atoms with van der Waals surface area (Å²) in [5.74, 6) is -0.829. The van der Waals surface area contributed by atoms with E-state index < -0.39 is 5.91 Å². The molecule has 0 atom stereocenters. The SMILES string of the molecule is CN(C)C(=O)c1ccc(NC(=O)CNc2ccc(C(N)=O)cc2)cc1. The molecule has 2 aromatic carbocycles. The highest BCUT2D eigenvalue weighted by molar-refractivity contribution is 5.96. The molecule has 0 aliphatic heterocycles. The zero-order chi connectivity index (χ0) is 18.4. The van der Waals surface area contributed by atoms with Gasteiger partial charge in [0.15, 0.2) is 0 Å². The van der Waals surface area contributed by atoms with Gasteiger partial charge >= 0.3 is 0 Å². The number of nitrogens with one attached hydrogen (secondary N) is 2. The second-order valence-corrected chi connectivity index (χ2v) is 5.62. The molecule has 2 aromatic rings. The summed E-state index contributed by atoms with van der Waals surface area (Å²) >= 11 is 0. The standard InChI is InChI=1S/C18H20N4O3/c1-22(2)18(25)13-5-9-15(10-6-13)21-16(23)11-20-14-7-3-12(4-8-14)17(19)24/h3-10,20H,11H2,1-2H3,(H2,19,24)(H,21,23). The minimum atomic E-state index is -0.500. The van der Waals surface area contributed by atoms with Crippen molar-refractivity contribution in [1.82, 2.24) is 4.90 Å². The summed E-state index contributed by atoms with van der Waals surface area (Å²) in [4.78, 5) is 36.3. The van der Waals surface area contributed by atoms with E-state index in [4.69, 9.17) is 5.73 Å². The van der Waals surface area contributed by atoms with E-state index in [9.17, 15) is 14.4 Å². The molecule has 0 aliphatic rings. The van der Waals surface area contributed by atoms with E-state index in [1.807, 2.05) is 0 Å². The number of carbonyl (C=O) groups excluding carboxylic acids is 3. The molecule has 0 saturated carbocycles. The quantitative estimate of drug-likeness (QED) is 0.742. The minimum Gasteiger partial charge on any atom is -0.376 e. The third-order valence-corrected chi connectivity index (χ3v) is 3.44. The fourth-order valence-corrected chi connectivity index (χ4v) is 2.09. The van der Waals surface area contributed by atoms with Gasteiger partial charge in [-0.3, -0.25) is 14.4 Å². The van der Waals surface area contributed by atoms with Crippen LogP contribution < -0.4 is 16.4 Å². The van der Waals surface area contributed by atoms with Gasteiger partial charge in [0.25, 0.3) is 5.91 Å². The number of nitrogens with zero attached hydrogens (tertiary/aromatic N) is 1. The number of hydrogen-bond acceptors (Lipinski definition) is 4. The smallest absolute Gasteiger partial charge is 0.253 e. The molecule has 0 spiro atoms. The van der Waals surface area contributed by atoms with Crippen molar-refractivity contribution in [3.63, 3.8) is 0 Å². The normalized spacial score (nSPS) is 10.0. The Morgan fingerprint density at radius 2 is 1.40 bits per heavy atom. The van der Waals surface area contributed by atoms with Gasteiger partial charge in [0.1, 0.15) is 0 Å². The third kappa shape index (κ3) is 5.07. The van der Waals surface area contributed by atoms with Crippen LogP contribution in [0.4, 0.5) is 11.4 Å². The number of anilines is 2. The lowest BCUT2D eigenvalue weighted by molar-refractivity contribution is -0.114. The van der Waals surface area contributed by atoms with E-state index in [0.717, 1.165) is 0 Å². The Morgan fingerprint density at radius 1 is 0.880 bits per heavy atom. The molecule has 0 unspecified atom stereocenters. The van der Waals surface area contributed by atoms with Crippen LogP contribution in [0.25, 0.3) is 0 Å². The van der Waals surface area contributed by atoms with Gasteiger partial charge in [-0.05, 0) is 48.5 Å². The van der Waals surface area contributed by atoms with Crippen LogP contribution >= 0.6 is 0 Å². The first-order valence-corrected chi connectivity index (χ1v) is 7.62. The predicted octanol–water partition coefficient (Wildman–Crippen LogP) is 1.54. The van der Waals surface area contributed by atoms with Crippen LogP contribution in [-0.4, -0.2) is 43.3 Å². The maximum Gasteiger partial charge on any atom is 0.253 e. The number of rotatable bonds is 6. The largest absolute Gasteiger partial charge is 0.376 e. The minimum absolute atomic E-state index is 0.0638. The lowest BCUT2D eigenvalue weighted by Gasteiger charge is -2.11. The molecular formula is C18H20N4O3. The van der Waals surface area contributed by atoms with Gasteiger partial charge in [-0.2, -0.15) is 0 Å². The van der Waals surface area contributed by atoms with Crippen molar-refractivity contribution >= 4 is 29.1 Å². The van der Waals surface area contributed by atoms with Crippen LogP contribution in [0.15, 0.2) is 48.5 Å². The molecule has 7 heteroatoms. The molecule has 0 aliphatic carbocycles. The highest BCUT2D eigenvalue weighted by Gasteiger charge is 2.08. The maximum atomic E-state index is 12.0. The summed E-state index contributed by atoms with van der Waals surface area (Å²) in [6, 6.07) is 13.2. The first kappa shape index (κ1) is 18.0. The lowest BCUT2D eigenvalue weighted by Crippen LogP contribution is -2.23. The van der Waals surface area contributed by atoms with Crippen molar-refractivity contribution in [2.24, 2.45) is 5.73 Å². The van der Waals surface area contributed by atoms with Crippen molar-refractivity contribution in [2.75, 3.05) is 31.3 Å². The molecule has 0 bridgehead atoms. The molecular weight excluding hydrogens is 320 g/mol. The summed E-state index contributed by atoms with van der Waals surface area (Å²) in [7, 11) is 3.36.